The third-order valence-electron chi connectivity index (χ3n) is 7.49. The lowest BCUT2D eigenvalue weighted by Crippen LogP contribution is -2.38. The highest BCUT2D eigenvalue weighted by Gasteiger charge is 2.36. The van der Waals surface area contributed by atoms with E-state index in [2.05, 4.69) is 53.3 Å². The van der Waals surface area contributed by atoms with Crippen molar-refractivity contribution in [3.05, 3.63) is 99.7 Å². The zero-order valence-corrected chi connectivity index (χ0v) is 21.6. The average Bonchev–Trinajstić information content (AvgIpc) is 3.50. The number of ether oxygens (including phenoxy) is 1. The Morgan fingerprint density at radius 3 is 2.78 bits per heavy atom. The second-order valence-corrected chi connectivity index (χ2v) is 10.6. The average molecular weight is 498 g/mol. The first-order valence-corrected chi connectivity index (χ1v) is 13.6. The van der Waals surface area contributed by atoms with E-state index in [-0.39, 0.29) is 12.1 Å². The van der Waals surface area contributed by atoms with E-state index in [0.717, 1.165) is 47.5 Å². The van der Waals surface area contributed by atoms with E-state index in [9.17, 15) is 4.79 Å². The van der Waals surface area contributed by atoms with Crippen molar-refractivity contribution in [1.82, 2.24) is 9.47 Å². The number of aryl methyl sites for hydroxylation is 2. The van der Waals surface area contributed by atoms with Crippen molar-refractivity contribution < 1.29 is 9.53 Å². The van der Waals surface area contributed by atoms with Gasteiger partial charge in [-0.05, 0) is 79.1 Å². The Morgan fingerprint density at radius 2 is 1.92 bits per heavy atom. The number of carbonyl (C=O) groups is 1. The summed E-state index contributed by atoms with van der Waals surface area (Å²) in [7, 11) is 1.69. The lowest BCUT2D eigenvalue weighted by molar-refractivity contribution is 0.194. The molecule has 184 valence electrons. The number of nitrogens with one attached hydrogen (secondary N) is 1. The van der Waals surface area contributed by atoms with E-state index in [1.54, 1.807) is 7.11 Å². The number of aromatic nitrogens is 1. The fourth-order valence-electron chi connectivity index (χ4n) is 5.69. The van der Waals surface area contributed by atoms with Crippen LogP contribution in [0.2, 0.25) is 0 Å². The summed E-state index contributed by atoms with van der Waals surface area (Å²) in [6.07, 6.45) is 7.70. The second-order valence-electron chi connectivity index (χ2n) is 9.55. The van der Waals surface area contributed by atoms with Crippen LogP contribution >= 0.6 is 11.3 Å². The number of carbonyl (C=O) groups excluding carboxylic acids is 1. The number of hydrogen-bond donors (Lipinski definition) is 1. The normalized spacial score (nSPS) is 16.5. The van der Waals surface area contributed by atoms with Crippen molar-refractivity contribution in [2.45, 2.75) is 51.6 Å². The van der Waals surface area contributed by atoms with Gasteiger partial charge in [0.2, 0.25) is 0 Å². The van der Waals surface area contributed by atoms with Gasteiger partial charge < -0.3 is 19.5 Å². The van der Waals surface area contributed by atoms with Crippen molar-refractivity contribution in [2.75, 3.05) is 12.4 Å². The zero-order valence-electron chi connectivity index (χ0n) is 20.8. The number of para-hydroxylation sites is 1. The summed E-state index contributed by atoms with van der Waals surface area (Å²) < 4.78 is 7.88. The summed E-state index contributed by atoms with van der Waals surface area (Å²) in [6.45, 7) is 2.69. The molecule has 0 bridgehead atoms. The third-order valence-corrected chi connectivity index (χ3v) is 8.82. The lowest BCUT2D eigenvalue weighted by Gasteiger charge is -2.32. The minimum Gasteiger partial charge on any atom is -0.497 e. The summed E-state index contributed by atoms with van der Waals surface area (Å²) in [6, 6.07) is 20.1. The number of benzene rings is 2. The standard InChI is InChI=1S/C30H31N3O2S/c1-3-20-10-4-6-14-25(20)31-30(34)33-19-24-23-13-5-7-16-27(23)36-29(24)32-17-9-15-26(32)28(33)21-11-8-12-22(18-21)35-2/h4,6,8-12,14-15,17-18,28H,3,5,7,13,16,19H2,1-2H3,(H,31,34)/t28-/m1/s1. The molecular weight excluding hydrogens is 466 g/mol. The van der Waals surface area contributed by atoms with Crippen molar-refractivity contribution in [3.63, 3.8) is 0 Å². The zero-order chi connectivity index (χ0) is 24.6. The molecule has 4 aromatic rings. The molecule has 1 aliphatic heterocycles. The second kappa shape index (κ2) is 9.51. The molecule has 3 heterocycles. The maximum atomic E-state index is 14.1. The van der Waals surface area contributed by atoms with Gasteiger partial charge in [0.25, 0.3) is 0 Å². The van der Waals surface area contributed by atoms with Crippen LogP contribution in [0.1, 0.15) is 58.6 Å². The molecule has 0 radical (unpaired) electrons. The maximum absolute atomic E-state index is 14.1. The van der Waals surface area contributed by atoms with E-state index in [0.29, 0.717) is 6.54 Å². The van der Waals surface area contributed by atoms with Crippen LogP contribution in [-0.2, 0) is 25.8 Å². The molecule has 1 aliphatic carbocycles. The van der Waals surface area contributed by atoms with Crippen LogP contribution in [0, 0.1) is 0 Å². The van der Waals surface area contributed by atoms with Crippen LogP contribution in [0.4, 0.5) is 10.5 Å². The van der Waals surface area contributed by atoms with Crippen molar-refractivity contribution in [3.8, 4) is 10.8 Å². The highest BCUT2D eigenvalue weighted by molar-refractivity contribution is 7.15. The molecule has 1 N–H and O–H groups in total. The van der Waals surface area contributed by atoms with E-state index in [1.165, 1.54) is 33.8 Å². The van der Waals surface area contributed by atoms with Crippen LogP contribution in [0.3, 0.4) is 0 Å². The number of anilines is 1. The Kier molecular flexibility index (Phi) is 6.05. The molecule has 0 spiro atoms. The number of methoxy groups -OCH3 is 1. The Balaban J connectivity index is 1.50. The smallest absolute Gasteiger partial charge is 0.322 e. The van der Waals surface area contributed by atoms with Crippen LogP contribution in [-0.4, -0.2) is 22.6 Å². The van der Waals surface area contributed by atoms with E-state index >= 15 is 0 Å². The minimum atomic E-state index is -0.247. The van der Waals surface area contributed by atoms with Gasteiger partial charge in [0.15, 0.2) is 0 Å². The van der Waals surface area contributed by atoms with Gasteiger partial charge in [-0.15, -0.1) is 11.3 Å². The first kappa shape index (κ1) is 22.9. The molecule has 6 heteroatoms. The number of hydrogen-bond acceptors (Lipinski definition) is 3. The number of nitrogens with zero attached hydrogens (tertiary/aromatic N) is 2. The summed E-state index contributed by atoms with van der Waals surface area (Å²) in [4.78, 5) is 17.6. The highest BCUT2D eigenvalue weighted by atomic mass is 32.1. The molecule has 2 aliphatic rings. The molecule has 0 saturated carbocycles. The van der Waals surface area contributed by atoms with Gasteiger partial charge in [0.1, 0.15) is 10.8 Å². The van der Waals surface area contributed by atoms with Gasteiger partial charge in [0.05, 0.1) is 25.4 Å². The van der Waals surface area contributed by atoms with Crippen LogP contribution < -0.4 is 10.1 Å². The summed E-state index contributed by atoms with van der Waals surface area (Å²) in [5, 5.41) is 4.53. The predicted octanol–water partition coefficient (Wildman–Crippen LogP) is 7.13. The van der Waals surface area contributed by atoms with E-state index in [1.807, 2.05) is 46.6 Å². The van der Waals surface area contributed by atoms with Gasteiger partial charge in [-0.3, -0.25) is 0 Å². The monoisotopic (exact) mass is 497 g/mol. The number of thiophene rings is 1. The van der Waals surface area contributed by atoms with Crippen LogP contribution in [0.25, 0.3) is 5.00 Å². The number of amides is 2. The van der Waals surface area contributed by atoms with E-state index in [4.69, 9.17) is 4.74 Å². The number of fused-ring (bicyclic) bond motifs is 5. The molecule has 2 aromatic carbocycles. The molecule has 0 fully saturated rings. The largest absolute Gasteiger partial charge is 0.497 e. The predicted molar refractivity (Wildman–Crippen MR) is 146 cm³/mol. The van der Waals surface area contributed by atoms with Crippen molar-refractivity contribution in [1.29, 1.82) is 0 Å². The van der Waals surface area contributed by atoms with Gasteiger partial charge in [0, 0.05) is 22.3 Å². The lowest BCUT2D eigenvalue weighted by atomic mass is 9.95. The Bertz CT molecular complexity index is 1420. The van der Waals surface area contributed by atoms with Gasteiger partial charge in [-0.2, -0.15) is 0 Å². The number of rotatable bonds is 4. The van der Waals surface area contributed by atoms with Gasteiger partial charge in [-0.1, -0.05) is 37.3 Å². The molecule has 5 nitrogen and oxygen atoms in total. The first-order chi connectivity index (χ1) is 17.7. The molecule has 0 unspecified atom stereocenters. The fraction of sp³-hybridized carbons (Fsp3) is 0.300. The highest BCUT2D eigenvalue weighted by Crippen LogP contribution is 2.44. The number of urea groups is 1. The topological polar surface area (TPSA) is 46.5 Å². The first-order valence-electron chi connectivity index (χ1n) is 12.8. The molecule has 0 saturated heterocycles. The quantitative estimate of drug-likeness (QED) is 0.326. The SMILES string of the molecule is CCc1ccccc1NC(=O)N1Cc2c(sc3c2CCCC3)-n2cccc2[C@H]1c1cccc(OC)c1. The maximum Gasteiger partial charge on any atom is 0.322 e. The van der Waals surface area contributed by atoms with Crippen LogP contribution in [0.15, 0.2) is 66.9 Å². The molecule has 6 rings (SSSR count). The Labute approximate surface area is 216 Å². The summed E-state index contributed by atoms with van der Waals surface area (Å²) >= 11 is 1.91. The third kappa shape index (κ3) is 3.90. The van der Waals surface area contributed by atoms with Crippen molar-refractivity contribution in [2.24, 2.45) is 0 Å². The molecule has 2 aromatic heterocycles. The molecular formula is C30H31N3O2S. The Hall–Kier alpha value is -3.51. The summed E-state index contributed by atoms with van der Waals surface area (Å²) in [5.41, 5.74) is 6.91. The van der Waals surface area contributed by atoms with Gasteiger partial charge >= 0.3 is 6.03 Å². The molecule has 1 atom stereocenters. The Morgan fingerprint density at radius 1 is 1.06 bits per heavy atom. The summed E-state index contributed by atoms with van der Waals surface area (Å²) in [5.74, 6) is 0.790. The fourth-order valence-corrected chi connectivity index (χ4v) is 7.09. The molecule has 2 amide bonds. The van der Waals surface area contributed by atoms with Crippen molar-refractivity contribution >= 4 is 23.1 Å². The minimum absolute atomic E-state index is 0.0833. The van der Waals surface area contributed by atoms with Crippen LogP contribution in [0.5, 0.6) is 5.75 Å². The van der Waals surface area contributed by atoms with Gasteiger partial charge in [-0.25, -0.2) is 4.79 Å². The molecule has 36 heavy (non-hydrogen) atoms. The van der Waals surface area contributed by atoms with E-state index < -0.39 is 0 Å².